The van der Waals surface area contributed by atoms with E-state index in [1.807, 2.05) is 79.2 Å². The van der Waals surface area contributed by atoms with E-state index in [4.69, 9.17) is 4.74 Å². The number of pyridine rings is 1. The number of ether oxygens (including phenoxy) is 1. The maximum atomic E-state index is 13.3. The van der Waals surface area contributed by atoms with E-state index in [0.717, 1.165) is 26.4 Å². The van der Waals surface area contributed by atoms with Crippen molar-refractivity contribution in [3.8, 4) is 0 Å². The molecular formula is C29H31N3O4S. The number of hydrogen-bond acceptors (Lipinski definition) is 6. The molecule has 0 bridgehead atoms. The minimum atomic E-state index is -0.675. The van der Waals surface area contributed by atoms with Gasteiger partial charge in [0.2, 0.25) is 5.43 Å². The predicted octanol–water partition coefficient (Wildman–Crippen LogP) is 3.77. The van der Waals surface area contributed by atoms with Crippen LogP contribution in [0, 0.1) is 6.92 Å². The summed E-state index contributed by atoms with van der Waals surface area (Å²) >= 11 is 1.54. The average Bonchev–Trinajstić information content (AvgIpc) is 3.35. The van der Waals surface area contributed by atoms with Crippen LogP contribution in [0.4, 0.5) is 0 Å². The van der Waals surface area contributed by atoms with Crippen molar-refractivity contribution in [3.05, 3.63) is 104 Å². The number of aryl methyl sites for hydroxylation is 2. The Balaban J connectivity index is 1.36. The van der Waals surface area contributed by atoms with Gasteiger partial charge >= 0.3 is 0 Å². The summed E-state index contributed by atoms with van der Waals surface area (Å²) in [4.78, 5) is 30.3. The molecule has 1 saturated heterocycles. The summed E-state index contributed by atoms with van der Waals surface area (Å²) in [5.41, 5.74) is 2.86. The molecule has 37 heavy (non-hydrogen) atoms. The fraction of sp³-hybridized carbons (Fsp3) is 0.310. The van der Waals surface area contributed by atoms with E-state index in [2.05, 4.69) is 10.2 Å². The Kier molecular flexibility index (Phi) is 7.53. The van der Waals surface area contributed by atoms with Crippen LogP contribution in [-0.4, -0.2) is 46.3 Å². The fourth-order valence-corrected chi connectivity index (χ4v) is 5.87. The molecule has 7 nitrogen and oxygen atoms in total. The first-order valence-corrected chi connectivity index (χ1v) is 13.2. The highest BCUT2D eigenvalue weighted by molar-refractivity contribution is 7.18. The molecule has 0 radical (unpaired) electrons. The molecule has 2 aromatic carbocycles. The van der Waals surface area contributed by atoms with Crippen LogP contribution >= 0.6 is 11.3 Å². The van der Waals surface area contributed by atoms with Gasteiger partial charge in [-0.3, -0.25) is 14.5 Å². The molecular weight excluding hydrogens is 486 g/mol. The Bertz CT molecular complexity index is 1450. The van der Waals surface area contributed by atoms with Gasteiger partial charge in [0.1, 0.15) is 10.4 Å². The van der Waals surface area contributed by atoms with Gasteiger partial charge in [-0.15, -0.1) is 11.3 Å². The summed E-state index contributed by atoms with van der Waals surface area (Å²) in [5.74, 6) is -0.380. The molecule has 1 amide bonds. The largest absolute Gasteiger partial charge is 0.387 e. The number of thiophene rings is 1. The fourth-order valence-electron chi connectivity index (χ4n) is 4.75. The van der Waals surface area contributed by atoms with Crippen LogP contribution in [0.3, 0.4) is 0 Å². The number of aliphatic hydroxyl groups excluding tert-OH is 1. The quantitative estimate of drug-likeness (QED) is 0.390. The van der Waals surface area contributed by atoms with Crippen molar-refractivity contribution in [2.45, 2.75) is 32.2 Å². The molecule has 8 heteroatoms. The molecule has 1 fully saturated rings. The van der Waals surface area contributed by atoms with E-state index < -0.39 is 6.10 Å². The second-order valence-corrected chi connectivity index (χ2v) is 10.7. The SMILES string of the molecule is Cc1ccc(CNC(=O)c2cn(C)c3sc(CN4CCOC[C@@H]4[C@H](O)c4ccccc4)cc3c2=O)cc1. The zero-order chi connectivity index (χ0) is 25.9. The van der Waals surface area contributed by atoms with Crippen molar-refractivity contribution in [2.75, 3.05) is 19.8 Å². The zero-order valence-corrected chi connectivity index (χ0v) is 21.8. The van der Waals surface area contributed by atoms with Crippen molar-refractivity contribution in [1.82, 2.24) is 14.8 Å². The van der Waals surface area contributed by atoms with Gasteiger partial charge in [0, 0.05) is 37.8 Å². The number of amides is 1. The first-order valence-electron chi connectivity index (χ1n) is 12.4. The molecule has 0 unspecified atom stereocenters. The maximum Gasteiger partial charge on any atom is 0.257 e. The Morgan fingerprint density at radius 1 is 1.19 bits per heavy atom. The smallest absolute Gasteiger partial charge is 0.257 e. The van der Waals surface area contributed by atoms with E-state index in [1.54, 1.807) is 17.5 Å². The average molecular weight is 518 g/mol. The lowest BCUT2D eigenvalue weighted by molar-refractivity contribution is -0.0629. The molecule has 5 rings (SSSR count). The molecule has 3 heterocycles. The van der Waals surface area contributed by atoms with Gasteiger partial charge in [0.15, 0.2) is 0 Å². The Morgan fingerprint density at radius 3 is 2.70 bits per heavy atom. The second kappa shape index (κ2) is 11.0. The number of fused-ring (bicyclic) bond motifs is 1. The molecule has 4 aromatic rings. The van der Waals surface area contributed by atoms with Gasteiger partial charge in [-0.05, 0) is 24.1 Å². The number of carbonyl (C=O) groups excluding carboxylic acids is 1. The van der Waals surface area contributed by atoms with Crippen LogP contribution in [0.2, 0.25) is 0 Å². The van der Waals surface area contributed by atoms with Crippen LogP contribution in [0.1, 0.15) is 38.0 Å². The van der Waals surface area contributed by atoms with Gasteiger partial charge in [0.25, 0.3) is 5.91 Å². The third-order valence-electron chi connectivity index (χ3n) is 6.86. The van der Waals surface area contributed by atoms with E-state index in [1.165, 1.54) is 0 Å². The standard InChI is InChI=1S/C29H31N3O4S/c1-19-8-10-20(11-9-19)15-30-28(35)24-17-31(2)29-23(27(24)34)14-22(37-29)16-32-12-13-36-18-25(32)26(33)21-6-4-3-5-7-21/h3-11,14,17,25-26,33H,12-13,15-16,18H2,1-2H3,(H,30,35)/t25-,26-/m1/s1. The normalized spacial score (nSPS) is 17.1. The highest BCUT2D eigenvalue weighted by atomic mass is 32.1. The van der Waals surface area contributed by atoms with E-state index in [0.29, 0.717) is 38.2 Å². The van der Waals surface area contributed by atoms with Crippen molar-refractivity contribution >= 4 is 27.5 Å². The Labute approximate surface area is 219 Å². The number of nitrogens with zero attached hydrogens (tertiary/aromatic N) is 2. The van der Waals surface area contributed by atoms with Crippen LogP contribution in [0.15, 0.2) is 71.7 Å². The van der Waals surface area contributed by atoms with Crippen LogP contribution < -0.4 is 10.7 Å². The summed E-state index contributed by atoms with van der Waals surface area (Å²) < 4.78 is 7.54. The number of morpholine rings is 1. The number of aromatic nitrogens is 1. The highest BCUT2D eigenvalue weighted by Gasteiger charge is 2.31. The number of rotatable bonds is 7. The lowest BCUT2D eigenvalue weighted by Gasteiger charge is -2.38. The highest BCUT2D eigenvalue weighted by Crippen LogP contribution is 2.29. The molecule has 1 aliphatic rings. The number of benzene rings is 2. The van der Waals surface area contributed by atoms with Gasteiger partial charge in [-0.25, -0.2) is 0 Å². The molecule has 0 aliphatic carbocycles. The lowest BCUT2D eigenvalue weighted by Crippen LogP contribution is -2.48. The van der Waals surface area contributed by atoms with Crippen molar-refractivity contribution in [2.24, 2.45) is 7.05 Å². The molecule has 192 valence electrons. The maximum absolute atomic E-state index is 13.3. The minimum absolute atomic E-state index is 0.134. The molecule has 2 N–H and O–H groups in total. The van der Waals surface area contributed by atoms with Gasteiger partial charge < -0.3 is 19.7 Å². The molecule has 2 atom stereocenters. The summed E-state index contributed by atoms with van der Waals surface area (Å²) in [6, 6.07) is 19.2. The van der Waals surface area contributed by atoms with Crippen molar-refractivity contribution in [1.29, 1.82) is 0 Å². The van der Waals surface area contributed by atoms with Crippen molar-refractivity contribution in [3.63, 3.8) is 0 Å². The third kappa shape index (κ3) is 5.52. The van der Waals surface area contributed by atoms with E-state index >= 15 is 0 Å². The van der Waals surface area contributed by atoms with E-state index in [-0.39, 0.29) is 22.9 Å². The number of aliphatic hydroxyl groups is 1. The summed E-state index contributed by atoms with van der Waals surface area (Å²) in [7, 11) is 1.86. The number of carbonyl (C=O) groups is 1. The first kappa shape index (κ1) is 25.4. The lowest BCUT2D eigenvalue weighted by atomic mass is 10.0. The Hall–Kier alpha value is -3.30. The summed E-state index contributed by atoms with van der Waals surface area (Å²) in [6.45, 7) is 4.68. The summed E-state index contributed by atoms with van der Waals surface area (Å²) in [5, 5.41) is 14.5. The molecule has 1 aliphatic heterocycles. The molecule has 2 aromatic heterocycles. The van der Waals surface area contributed by atoms with Crippen LogP contribution in [-0.2, 0) is 24.9 Å². The van der Waals surface area contributed by atoms with Gasteiger partial charge in [-0.1, -0.05) is 60.2 Å². The zero-order valence-electron chi connectivity index (χ0n) is 21.0. The van der Waals surface area contributed by atoms with Crippen LogP contribution in [0.5, 0.6) is 0 Å². The monoisotopic (exact) mass is 517 g/mol. The minimum Gasteiger partial charge on any atom is -0.387 e. The third-order valence-corrected chi connectivity index (χ3v) is 8.07. The van der Waals surface area contributed by atoms with Gasteiger partial charge in [-0.2, -0.15) is 0 Å². The second-order valence-electron chi connectivity index (χ2n) is 9.55. The summed E-state index contributed by atoms with van der Waals surface area (Å²) in [6.07, 6.45) is 0.942. The number of hydrogen-bond donors (Lipinski definition) is 2. The molecule has 0 spiro atoms. The molecule has 0 saturated carbocycles. The number of nitrogens with one attached hydrogen (secondary N) is 1. The first-order chi connectivity index (χ1) is 17.9. The topological polar surface area (TPSA) is 83.8 Å². The van der Waals surface area contributed by atoms with Crippen LogP contribution in [0.25, 0.3) is 10.2 Å². The van der Waals surface area contributed by atoms with E-state index in [9.17, 15) is 14.7 Å². The van der Waals surface area contributed by atoms with Gasteiger partial charge in [0.05, 0.1) is 30.7 Å². The van der Waals surface area contributed by atoms with Crippen molar-refractivity contribution < 1.29 is 14.6 Å². The predicted molar refractivity (Wildman–Crippen MR) is 146 cm³/mol. The Morgan fingerprint density at radius 2 is 1.95 bits per heavy atom.